The van der Waals surface area contributed by atoms with Crippen LogP contribution in [0, 0.1) is 5.92 Å². The van der Waals surface area contributed by atoms with Crippen molar-refractivity contribution >= 4 is 29.8 Å². The number of esters is 1. The minimum Gasteiger partial charge on any atom is -0.481 e. The van der Waals surface area contributed by atoms with Crippen LogP contribution in [0.25, 0.3) is 0 Å². The maximum absolute atomic E-state index is 12.7. The third-order valence-electron chi connectivity index (χ3n) is 4.43. The Kier molecular flexibility index (Phi) is 18.3. The van der Waals surface area contributed by atoms with Gasteiger partial charge in [0.2, 0.25) is 5.91 Å². The Bertz CT molecular complexity index is 567. The van der Waals surface area contributed by atoms with Gasteiger partial charge < -0.3 is 14.7 Å². The molecule has 1 unspecified atom stereocenters. The van der Waals surface area contributed by atoms with Crippen LogP contribution in [0.5, 0.6) is 0 Å². The zero-order valence-corrected chi connectivity index (χ0v) is 18.5. The Morgan fingerprint density at radius 2 is 1.53 bits per heavy atom. The van der Waals surface area contributed by atoms with E-state index in [0.717, 1.165) is 19.3 Å². The van der Waals surface area contributed by atoms with E-state index in [9.17, 15) is 19.2 Å². The number of carbonyl (C=O) groups is 4. The van der Waals surface area contributed by atoms with Gasteiger partial charge in [-0.3, -0.25) is 19.2 Å². The van der Waals surface area contributed by atoms with Gasteiger partial charge in [0.15, 0.2) is 5.78 Å². The van der Waals surface area contributed by atoms with Crippen LogP contribution >= 0.6 is 0 Å². The van der Waals surface area contributed by atoms with Gasteiger partial charge in [-0.05, 0) is 25.2 Å². The number of carbonyl (C=O) groups excluding carboxylic acids is 5. The lowest BCUT2D eigenvalue weighted by Crippen LogP contribution is -2.48. The van der Waals surface area contributed by atoms with E-state index in [0.29, 0.717) is 19.3 Å². The van der Waals surface area contributed by atoms with Gasteiger partial charge in [-0.2, -0.15) is 9.59 Å². The number of carboxylic acids is 1. The number of nitrogens with zero attached hydrogens (tertiary/aromatic N) is 1. The second-order valence-corrected chi connectivity index (χ2v) is 7.21. The molecule has 30 heavy (non-hydrogen) atoms. The van der Waals surface area contributed by atoms with E-state index >= 15 is 0 Å². The van der Waals surface area contributed by atoms with Crippen LogP contribution in [0.2, 0.25) is 0 Å². The van der Waals surface area contributed by atoms with Crippen molar-refractivity contribution in [3.8, 4) is 0 Å². The summed E-state index contributed by atoms with van der Waals surface area (Å²) in [6, 6.07) is -0.554. The summed E-state index contributed by atoms with van der Waals surface area (Å²) in [6.45, 7) is 6.09. The zero-order valence-electron chi connectivity index (χ0n) is 18.5. The van der Waals surface area contributed by atoms with Crippen molar-refractivity contribution in [1.29, 1.82) is 0 Å². The van der Waals surface area contributed by atoms with Crippen LogP contribution in [0.1, 0.15) is 78.6 Å². The molecule has 0 aliphatic carbocycles. The standard InChI is InChI=1S/C20H35NO6.CO2/c1-5-6-7-10-16(22)20(15(2)3)21(14-9-12-18(24)25)17(23)11-8-13-19(26)27-4;2-1-3/h15,20H,5-14H2,1-4H3,(H,24,25);. The number of aliphatic carboxylic acids is 1. The van der Waals surface area contributed by atoms with Gasteiger partial charge in [0, 0.05) is 32.2 Å². The molecule has 9 heteroatoms. The first-order chi connectivity index (χ1) is 14.2. The molecule has 0 spiro atoms. The van der Waals surface area contributed by atoms with Gasteiger partial charge in [-0.15, -0.1) is 0 Å². The number of hydrogen-bond donors (Lipinski definition) is 1. The van der Waals surface area contributed by atoms with E-state index < -0.39 is 12.0 Å². The largest absolute Gasteiger partial charge is 0.481 e. The van der Waals surface area contributed by atoms with Crippen LogP contribution < -0.4 is 0 Å². The Hall–Kier alpha value is -2.54. The highest BCUT2D eigenvalue weighted by Crippen LogP contribution is 2.19. The third kappa shape index (κ3) is 14.5. The molecule has 0 saturated heterocycles. The van der Waals surface area contributed by atoms with Crippen LogP contribution in [-0.2, 0) is 33.5 Å². The van der Waals surface area contributed by atoms with Crippen LogP contribution in [0.4, 0.5) is 0 Å². The number of Topliss-reactive ketones (excluding diaryl/α,β-unsaturated/α-hetero) is 1. The first kappa shape index (κ1) is 29.7. The van der Waals surface area contributed by atoms with Crippen molar-refractivity contribution in [2.45, 2.75) is 84.6 Å². The van der Waals surface area contributed by atoms with Gasteiger partial charge in [0.05, 0.1) is 13.2 Å². The van der Waals surface area contributed by atoms with Crippen molar-refractivity contribution in [3.63, 3.8) is 0 Å². The smallest absolute Gasteiger partial charge is 0.373 e. The molecule has 0 aromatic heterocycles. The monoisotopic (exact) mass is 429 g/mol. The van der Waals surface area contributed by atoms with Crippen LogP contribution in [0.15, 0.2) is 0 Å². The SMILES string of the molecule is CCCCCC(=O)C(C(C)C)N(CCCC(=O)O)C(=O)CCCC(=O)OC.O=C=O. The number of carboxylic acid groups (broad SMARTS) is 1. The average molecular weight is 430 g/mol. The van der Waals surface area contributed by atoms with Gasteiger partial charge in [-0.1, -0.05) is 33.6 Å². The number of rotatable bonds is 15. The summed E-state index contributed by atoms with van der Waals surface area (Å²) < 4.78 is 4.58. The topological polar surface area (TPSA) is 135 Å². The second-order valence-electron chi connectivity index (χ2n) is 7.21. The molecular formula is C21H35NO8. The molecule has 172 valence electrons. The molecule has 0 aromatic carbocycles. The quantitative estimate of drug-likeness (QED) is 0.310. The van der Waals surface area contributed by atoms with E-state index in [-0.39, 0.29) is 55.5 Å². The number of amides is 1. The first-order valence-corrected chi connectivity index (χ1v) is 10.3. The molecule has 1 atom stereocenters. The van der Waals surface area contributed by atoms with Crippen molar-refractivity contribution in [2.24, 2.45) is 5.92 Å². The highest BCUT2D eigenvalue weighted by molar-refractivity contribution is 5.89. The van der Waals surface area contributed by atoms with Crippen molar-refractivity contribution < 1.29 is 38.6 Å². The number of ether oxygens (including phenoxy) is 1. The highest BCUT2D eigenvalue weighted by Gasteiger charge is 2.31. The minimum atomic E-state index is -0.927. The molecule has 0 aromatic rings. The molecule has 0 radical (unpaired) electrons. The molecule has 0 heterocycles. The third-order valence-corrected chi connectivity index (χ3v) is 4.43. The molecule has 0 aliphatic rings. The van der Waals surface area contributed by atoms with Gasteiger partial charge >= 0.3 is 18.1 Å². The van der Waals surface area contributed by atoms with E-state index in [1.807, 2.05) is 13.8 Å². The summed E-state index contributed by atoms with van der Waals surface area (Å²) in [5.41, 5.74) is 0. The highest BCUT2D eigenvalue weighted by atomic mass is 16.5. The fourth-order valence-corrected chi connectivity index (χ4v) is 3.05. The lowest BCUT2D eigenvalue weighted by atomic mass is 9.93. The van der Waals surface area contributed by atoms with E-state index in [2.05, 4.69) is 11.7 Å². The second kappa shape index (κ2) is 18.5. The predicted molar refractivity (Wildman–Crippen MR) is 107 cm³/mol. The number of methoxy groups -OCH3 is 1. The van der Waals surface area contributed by atoms with Gasteiger partial charge in [0.1, 0.15) is 0 Å². The van der Waals surface area contributed by atoms with Crippen LogP contribution in [0.3, 0.4) is 0 Å². The first-order valence-electron chi connectivity index (χ1n) is 10.3. The molecule has 1 amide bonds. The van der Waals surface area contributed by atoms with Gasteiger partial charge in [-0.25, -0.2) is 0 Å². The molecule has 9 nitrogen and oxygen atoms in total. The summed E-state index contributed by atoms with van der Waals surface area (Å²) in [5.74, 6) is -1.56. The summed E-state index contributed by atoms with van der Waals surface area (Å²) >= 11 is 0. The zero-order chi connectivity index (χ0) is 23.5. The molecule has 0 fully saturated rings. The van der Waals surface area contributed by atoms with E-state index in [1.165, 1.54) is 12.0 Å². The lowest BCUT2D eigenvalue weighted by Gasteiger charge is -2.34. The molecule has 0 aliphatic heterocycles. The summed E-state index contributed by atoms with van der Waals surface area (Å²) in [7, 11) is 1.30. The van der Waals surface area contributed by atoms with Gasteiger partial charge in [0.25, 0.3) is 0 Å². The normalized spacial score (nSPS) is 11.0. The maximum Gasteiger partial charge on any atom is 0.373 e. The van der Waals surface area contributed by atoms with Crippen molar-refractivity contribution in [2.75, 3.05) is 13.7 Å². The van der Waals surface area contributed by atoms with Crippen molar-refractivity contribution in [3.05, 3.63) is 0 Å². The Morgan fingerprint density at radius 3 is 2.00 bits per heavy atom. The average Bonchev–Trinajstić information content (AvgIpc) is 2.67. The Labute approximate surface area is 178 Å². The summed E-state index contributed by atoms with van der Waals surface area (Å²) in [6.07, 6.45) is 4.28. The number of hydrogen-bond acceptors (Lipinski definition) is 7. The maximum atomic E-state index is 12.7. The predicted octanol–water partition coefficient (Wildman–Crippen LogP) is 2.61. The molecule has 0 saturated carbocycles. The lowest BCUT2D eigenvalue weighted by molar-refractivity contribution is -0.191. The minimum absolute atomic E-state index is 0.0232. The van der Waals surface area contributed by atoms with E-state index in [4.69, 9.17) is 14.7 Å². The Morgan fingerprint density at radius 1 is 0.933 bits per heavy atom. The molecular weight excluding hydrogens is 394 g/mol. The molecule has 0 bridgehead atoms. The Balaban J connectivity index is 0. The summed E-state index contributed by atoms with van der Waals surface area (Å²) in [4.78, 5) is 65.3. The molecule has 0 rings (SSSR count). The summed E-state index contributed by atoms with van der Waals surface area (Å²) in [5, 5.41) is 8.87. The fraction of sp³-hybridized carbons (Fsp3) is 0.762. The number of unbranched alkanes of at least 4 members (excludes halogenated alkanes) is 2. The fourth-order valence-electron chi connectivity index (χ4n) is 3.05. The van der Waals surface area contributed by atoms with E-state index in [1.54, 1.807) is 0 Å². The van der Waals surface area contributed by atoms with Crippen molar-refractivity contribution in [1.82, 2.24) is 4.90 Å². The number of ketones is 1. The molecule has 1 N–H and O–H groups in total. The van der Waals surface area contributed by atoms with Crippen LogP contribution in [-0.4, -0.2) is 59.5 Å².